The van der Waals surface area contributed by atoms with Gasteiger partial charge in [-0.2, -0.15) is 0 Å². The molecule has 0 bridgehead atoms. The van der Waals surface area contributed by atoms with E-state index in [0.717, 1.165) is 18.0 Å². The van der Waals surface area contributed by atoms with Gasteiger partial charge in [-0.05, 0) is 25.0 Å². The van der Waals surface area contributed by atoms with Crippen LogP contribution in [-0.4, -0.2) is 53.6 Å². The Kier molecular flexibility index (Phi) is 7.30. The number of ether oxygens (including phenoxy) is 1. The lowest BCUT2D eigenvalue weighted by Crippen LogP contribution is -2.29. The first-order valence-corrected chi connectivity index (χ1v) is 10.2. The number of hydrogen-bond acceptors (Lipinski definition) is 8. The Balaban J connectivity index is 2.20. The molecule has 12 heteroatoms. The van der Waals surface area contributed by atoms with E-state index < -0.39 is 12.6 Å². The van der Waals surface area contributed by atoms with Crippen molar-refractivity contribution in [1.29, 1.82) is 0 Å². The molecule has 0 atom stereocenters. The van der Waals surface area contributed by atoms with Gasteiger partial charge in [0.25, 0.3) is 5.91 Å². The highest BCUT2D eigenvalue weighted by molar-refractivity contribution is 6.01. The van der Waals surface area contributed by atoms with E-state index in [4.69, 9.17) is 16.3 Å². The summed E-state index contributed by atoms with van der Waals surface area (Å²) in [6.07, 6.45) is 3.07. The third-order valence-electron chi connectivity index (χ3n) is 4.95. The van der Waals surface area contributed by atoms with E-state index in [1.54, 1.807) is 18.2 Å². The maximum Gasteiger partial charge on any atom is 0.254 e. The number of hydrazone groups is 1. The minimum Gasteiger partial charge on any atom is -0.494 e. The normalized spacial score (nSPS) is 14.1. The number of rotatable bonds is 8. The van der Waals surface area contributed by atoms with Crippen LogP contribution >= 0.6 is 0 Å². The largest absolute Gasteiger partial charge is 0.494 e. The topological polar surface area (TPSA) is 173 Å². The van der Waals surface area contributed by atoms with Crippen molar-refractivity contribution >= 4 is 29.2 Å². The molecule has 1 heterocycles. The van der Waals surface area contributed by atoms with E-state index in [2.05, 4.69) is 20.7 Å². The van der Waals surface area contributed by atoms with Crippen LogP contribution in [0.2, 0.25) is 0 Å². The van der Waals surface area contributed by atoms with Gasteiger partial charge in [0, 0.05) is 32.3 Å². The molecule has 7 N–H and O–H groups in total. The molecule has 33 heavy (non-hydrogen) atoms. The summed E-state index contributed by atoms with van der Waals surface area (Å²) in [6, 6.07) is 6.62. The molecular weight excluding hydrogens is 428 g/mol. The monoisotopic (exact) mass is 456 g/mol. The van der Waals surface area contributed by atoms with E-state index in [0.29, 0.717) is 22.8 Å². The van der Waals surface area contributed by atoms with Crippen LogP contribution in [-0.2, 0) is 11.5 Å². The maximum absolute atomic E-state index is 12.6. The van der Waals surface area contributed by atoms with Gasteiger partial charge in [0.15, 0.2) is 11.6 Å². The van der Waals surface area contributed by atoms with Crippen molar-refractivity contribution in [2.45, 2.75) is 19.6 Å². The van der Waals surface area contributed by atoms with E-state index >= 15 is 0 Å². The summed E-state index contributed by atoms with van der Waals surface area (Å²) in [5.74, 6) is 5.70. The zero-order chi connectivity index (χ0) is 24.1. The first-order chi connectivity index (χ1) is 15.8. The van der Waals surface area contributed by atoms with Crippen molar-refractivity contribution in [2.75, 3.05) is 26.5 Å². The molecule has 2 amide bonds. The predicted molar refractivity (Wildman–Crippen MR) is 122 cm³/mol. The summed E-state index contributed by atoms with van der Waals surface area (Å²) >= 11 is 0. The van der Waals surface area contributed by atoms with E-state index in [9.17, 15) is 14.7 Å². The van der Waals surface area contributed by atoms with E-state index in [1.807, 2.05) is 0 Å². The zero-order valence-corrected chi connectivity index (χ0v) is 18.7. The number of benzene rings is 1. The lowest BCUT2D eigenvalue weighted by Gasteiger charge is -2.15. The molecule has 1 aliphatic carbocycles. The summed E-state index contributed by atoms with van der Waals surface area (Å²) in [6.45, 7) is -0.442. The molecule has 0 spiro atoms. The maximum atomic E-state index is 12.6. The van der Waals surface area contributed by atoms with Gasteiger partial charge >= 0.3 is 0 Å². The zero-order valence-electron chi connectivity index (χ0n) is 18.7. The summed E-state index contributed by atoms with van der Waals surface area (Å²) in [7, 11) is 4.48. The predicted octanol–water partition coefficient (Wildman–Crippen LogP) is -0.187. The van der Waals surface area contributed by atoms with Crippen LogP contribution in [0.25, 0.3) is 0 Å². The molecule has 0 radical (unpaired) electrons. The van der Waals surface area contributed by atoms with Crippen LogP contribution in [0.15, 0.2) is 40.6 Å². The van der Waals surface area contributed by atoms with Gasteiger partial charge in [-0.3, -0.25) is 9.59 Å². The fraction of sp³-hybridized carbons (Fsp3) is 0.333. The Morgan fingerprint density at radius 3 is 2.64 bits per heavy atom. The van der Waals surface area contributed by atoms with Crippen molar-refractivity contribution in [3.63, 3.8) is 0 Å². The van der Waals surface area contributed by atoms with Gasteiger partial charge < -0.3 is 30.8 Å². The van der Waals surface area contributed by atoms with Crippen LogP contribution < -0.4 is 32.3 Å². The van der Waals surface area contributed by atoms with Crippen LogP contribution in [0, 0.1) is 5.92 Å². The van der Waals surface area contributed by atoms with Crippen molar-refractivity contribution in [2.24, 2.45) is 27.6 Å². The standard InChI is InChI=1S/C21H28N8O4/c1-24-21(32)14-10-29(11-30)17(26-20(31)12-7-8-12)9-16(14)25-15-6-4-5-13(18(15)33-3)19(22)27-28(2)23/h4-6,9-10,12,30H,7-8,11,23H2,1-3H3,(H2,22,27)(H,24,32)(H,26,31). The molecule has 1 aliphatic rings. The summed E-state index contributed by atoms with van der Waals surface area (Å²) in [5, 5.41) is 20.5. The first kappa shape index (κ1) is 23.8. The highest BCUT2D eigenvalue weighted by atomic mass is 16.5. The number of hydrazine groups is 1. The van der Waals surface area contributed by atoms with Crippen LogP contribution in [0.1, 0.15) is 28.8 Å². The van der Waals surface area contributed by atoms with Gasteiger partial charge in [0.1, 0.15) is 18.2 Å². The summed E-state index contributed by atoms with van der Waals surface area (Å²) in [5.41, 5.74) is 7.07. The summed E-state index contributed by atoms with van der Waals surface area (Å²) < 4.78 is 6.89. The number of amides is 2. The number of aliphatic hydroxyl groups is 1. The molecule has 0 unspecified atom stereocenters. The number of nitrogens with one attached hydrogen (secondary N) is 2. The fourth-order valence-electron chi connectivity index (χ4n) is 3.17. The van der Waals surface area contributed by atoms with Crippen molar-refractivity contribution in [3.05, 3.63) is 46.9 Å². The van der Waals surface area contributed by atoms with Crippen LogP contribution in [0.3, 0.4) is 0 Å². The molecule has 0 aliphatic heterocycles. The lowest BCUT2D eigenvalue weighted by atomic mass is 10.1. The number of para-hydroxylation sites is 1. The van der Waals surface area contributed by atoms with Gasteiger partial charge in [0.05, 0.1) is 23.6 Å². The Bertz CT molecular complexity index is 1150. The Labute approximate surface area is 190 Å². The second-order valence-corrected chi connectivity index (χ2v) is 7.44. The third kappa shape index (κ3) is 5.48. The number of carbonyl (C=O) groups excluding carboxylic acids is 2. The Morgan fingerprint density at radius 1 is 1.33 bits per heavy atom. The number of nitrogens with two attached hydrogens (primary N) is 2. The molecule has 176 valence electrons. The van der Waals surface area contributed by atoms with E-state index in [-0.39, 0.29) is 28.6 Å². The highest BCUT2D eigenvalue weighted by Gasteiger charge is 2.30. The third-order valence-corrected chi connectivity index (χ3v) is 4.95. The molecule has 1 saturated carbocycles. The van der Waals surface area contributed by atoms with Crippen LogP contribution in [0.5, 0.6) is 5.75 Å². The SMILES string of the molecule is CNC(=O)c1cn(CO)c(NC(=O)C2CC2)cc1=Nc1cccc(/C(N)=N/N(C)N)c1OC. The highest BCUT2D eigenvalue weighted by Crippen LogP contribution is 2.32. The minimum absolute atomic E-state index is 0.0455. The second-order valence-electron chi connectivity index (χ2n) is 7.44. The molecule has 1 fully saturated rings. The fourth-order valence-corrected chi connectivity index (χ4v) is 3.17. The number of aromatic nitrogens is 1. The quantitative estimate of drug-likeness (QED) is 0.158. The first-order valence-electron chi connectivity index (χ1n) is 10.2. The average molecular weight is 457 g/mol. The Hall–Kier alpha value is -3.90. The lowest BCUT2D eigenvalue weighted by molar-refractivity contribution is -0.117. The molecule has 2 aromatic rings. The van der Waals surface area contributed by atoms with Gasteiger partial charge in [-0.15, -0.1) is 5.10 Å². The number of hydrogen-bond donors (Lipinski definition) is 5. The van der Waals surface area contributed by atoms with Gasteiger partial charge in [-0.25, -0.2) is 16.0 Å². The number of anilines is 1. The van der Waals surface area contributed by atoms with Gasteiger partial charge in [-0.1, -0.05) is 6.07 Å². The minimum atomic E-state index is -0.442. The molecule has 12 nitrogen and oxygen atoms in total. The second kappa shape index (κ2) is 10.1. The molecular formula is C21H28N8O4. The number of methoxy groups -OCH3 is 1. The molecule has 3 rings (SSSR count). The number of nitrogens with zero attached hydrogens (tertiary/aromatic N) is 4. The number of carbonyl (C=O) groups is 2. The number of pyridine rings is 1. The average Bonchev–Trinajstić information content (AvgIpc) is 3.63. The molecule has 0 saturated heterocycles. The summed E-state index contributed by atoms with van der Waals surface area (Å²) in [4.78, 5) is 29.5. The smallest absolute Gasteiger partial charge is 0.254 e. The molecule has 1 aromatic carbocycles. The van der Waals surface area contributed by atoms with E-state index in [1.165, 1.54) is 38.0 Å². The number of aliphatic hydroxyl groups excluding tert-OH is 1. The van der Waals surface area contributed by atoms with Crippen molar-refractivity contribution in [1.82, 2.24) is 15.0 Å². The molecule has 1 aromatic heterocycles. The van der Waals surface area contributed by atoms with Crippen molar-refractivity contribution in [3.8, 4) is 5.75 Å². The number of amidine groups is 1. The van der Waals surface area contributed by atoms with Crippen LogP contribution in [0.4, 0.5) is 11.5 Å². The van der Waals surface area contributed by atoms with Gasteiger partial charge in [0.2, 0.25) is 5.91 Å². The van der Waals surface area contributed by atoms with Crippen molar-refractivity contribution < 1.29 is 19.4 Å². The Morgan fingerprint density at radius 2 is 2.06 bits per heavy atom.